The van der Waals surface area contributed by atoms with Crippen molar-refractivity contribution in [2.75, 3.05) is 26.4 Å². The molecule has 6 heteroatoms. The van der Waals surface area contributed by atoms with Gasteiger partial charge in [-0.2, -0.15) is 0 Å². The lowest BCUT2D eigenvalue weighted by Crippen LogP contribution is -2.36. The van der Waals surface area contributed by atoms with Crippen molar-refractivity contribution in [3.8, 4) is 0 Å². The van der Waals surface area contributed by atoms with E-state index in [1.807, 2.05) is 0 Å². The Balaban J connectivity index is 1.43. The first-order valence-electron chi connectivity index (χ1n) is 17.0. The van der Waals surface area contributed by atoms with Crippen molar-refractivity contribution in [1.82, 2.24) is 0 Å². The number of aliphatic hydroxyl groups excluding tert-OH is 2. The number of hydrogen-bond acceptors (Lipinski definition) is 6. The van der Waals surface area contributed by atoms with Crippen LogP contribution in [-0.4, -0.2) is 48.6 Å². The third-order valence-corrected chi connectivity index (χ3v) is 10.3. The van der Waals surface area contributed by atoms with Crippen molar-refractivity contribution < 1.29 is 29.3 Å². The predicted molar refractivity (Wildman–Crippen MR) is 171 cm³/mol. The van der Waals surface area contributed by atoms with E-state index < -0.39 is 24.0 Å². The molecule has 1 aromatic rings. The maximum absolute atomic E-state index is 12.5. The van der Waals surface area contributed by atoms with Crippen molar-refractivity contribution in [2.24, 2.45) is 35.0 Å². The Kier molecular flexibility index (Phi) is 14.7. The molecule has 6 nitrogen and oxygen atoms in total. The van der Waals surface area contributed by atoms with Crippen LogP contribution in [0.25, 0.3) is 0 Å². The van der Waals surface area contributed by atoms with Gasteiger partial charge in [0.05, 0.1) is 37.4 Å². The molecule has 2 aliphatic rings. The average molecular weight is 599 g/mol. The highest BCUT2D eigenvalue weighted by Gasteiger charge is 2.35. The van der Waals surface area contributed by atoms with E-state index in [1.54, 1.807) is 13.8 Å². The van der Waals surface area contributed by atoms with Gasteiger partial charge in [-0.3, -0.25) is 4.79 Å². The number of ether oxygens (including phenoxy) is 2. The van der Waals surface area contributed by atoms with Crippen molar-refractivity contribution in [2.45, 2.75) is 111 Å². The lowest BCUT2D eigenvalue weighted by Gasteiger charge is -2.39. The molecule has 3 rings (SSSR count). The molecule has 0 radical (unpaired) electrons. The smallest absolute Gasteiger partial charge is 0.335 e. The highest BCUT2D eigenvalue weighted by atomic mass is 16.5. The number of aliphatic hydroxyl groups is 2. The fraction of sp³-hybridized carbons (Fsp3) is 0.730. The number of rotatable bonds is 17. The fourth-order valence-corrected chi connectivity index (χ4v) is 6.97. The van der Waals surface area contributed by atoms with Crippen LogP contribution in [0.3, 0.4) is 0 Å². The molecule has 242 valence electrons. The quantitative estimate of drug-likeness (QED) is 0.112. The van der Waals surface area contributed by atoms with Gasteiger partial charge in [-0.25, -0.2) is 4.79 Å². The summed E-state index contributed by atoms with van der Waals surface area (Å²) in [6, 6.07) is 9.35. The van der Waals surface area contributed by atoms with Crippen LogP contribution in [0, 0.1) is 35.0 Å². The van der Waals surface area contributed by atoms with Crippen LogP contribution in [0.15, 0.2) is 36.4 Å². The summed E-state index contributed by atoms with van der Waals surface area (Å²) in [7, 11) is 0. The van der Waals surface area contributed by atoms with E-state index in [4.69, 9.17) is 9.47 Å². The van der Waals surface area contributed by atoms with Crippen LogP contribution in [0.5, 0.6) is 0 Å². The Morgan fingerprint density at radius 3 is 1.98 bits per heavy atom. The van der Waals surface area contributed by atoms with E-state index in [2.05, 4.69) is 37.8 Å². The summed E-state index contributed by atoms with van der Waals surface area (Å²) < 4.78 is 11.1. The number of carbonyl (C=O) groups is 2. The van der Waals surface area contributed by atoms with Crippen LogP contribution >= 0.6 is 0 Å². The molecule has 0 aliphatic heterocycles. The summed E-state index contributed by atoms with van der Waals surface area (Å²) >= 11 is 0. The minimum Gasteiger partial charge on any atom is -0.465 e. The van der Waals surface area contributed by atoms with E-state index in [9.17, 15) is 19.8 Å². The van der Waals surface area contributed by atoms with Gasteiger partial charge in [-0.05, 0) is 113 Å². The molecule has 0 aromatic heterocycles. The largest absolute Gasteiger partial charge is 0.465 e. The second-order valence-electron chi connectivity index (χ2n) is 14.0. The van der Waals surface area contributed by atoms with Gasteiger partial charge in [-0.15, -0.1) is 0 Å². The maximum Gasteiger partial charge on any atom is 0.335 e. The zero-order chi connectivity index (χ0) is 31.2. The van der Waals surface area contributed by atoms with Crippen molar-refractivity contribution in [3.05, 3.63) is 47.5 Å². The first-order chi connectivity index (χ1) is 20.7. The first kappa shape index (κ1) is 35.3. The standard InChI is InChI=1S/C37H58O6/c1-5-6-7-8-28-9-11-29(12-10-28)13-14-30-15-17-31(18-16-30)32-19-21-33(22-20-32)34(24-42-35(40)27(2)23-38)25-43-36(41)37(3,4)26-39/h9-12,30-34,38-39H,2,5-8,13-26H2,1,3-4H3. The number of esters is 2. The van der Waals surface area contributed by atoms with Crippen molar-refractivity contribution in [1.29, 1.82) is 0 Å². The summed E-state index contributed by atoms with van der Waals surface area (Å²) in [5.74, 6) is 1.50. The molecule has 43 heavy (non-hydrogen) atoms. The third-order valence-electron chi connectivity index (χ3n) is 10.3. The number of hydrogen-bond donors (Lipinski definition) is 2. The zero-order valence-electron chi connectivity index (χ0n) is 27.2. The van der Waals surface area contributed by atoms with Crippen LogP contribution < -0.4 is 0 Å². The number of carbonyl (C=O) groups excluding carboxylic acids is 2. The van der Waals surface area contributed by atoms with E-state index in [0.717, 1.165) is 43.4 Å². The van der Waals surface area contributed by atoms with E-state index in [0.29, 0.717) is 5.92 Å². The number of aryl methyl sites for hydroxylation is 2. The Morgan fingerprint density at radius 1 is 0.860 bits per heavy atom. The topological polar surface area (TPSA) is 93.1 Å². The highest BCUT2D eigenvalue weighted by Crippen LogP contribution is 2.44. The Morgan fingerprint density at radius 2 is 1.42 bits per heavy atom. The van der Waals surface area contributed by atoms with Crippen LogP contribution in [0.2, 0.25) is 0 Å². The number of benzene rings is 1. The zero-order valence-corrected chi connectivity index (χ0v) is 27.2. The van der Waals surface area contributed by atoms with Crippen molar-refractivity contribution in [3.63, 3.8) is 0 Å². The minimum atomic E-state index is -0.971. The summed E-state index contributed by atoms with van der Waals surface area (Å²) in [5.41, 5.74) is 2.00. The fourth-order valence-electron chi connectivity index (χ4n) is 6.97. The van der Waals surface area contributed by atoms with E-state index >= 15 is 0 Å². The van der Waals surface area contributed by atoms with Gasteiger partial charge < -0.3 is 19.7 Å². The van der Waals surface area contributed by atoms with E-state index in [1.165, 1.54) is 75.3 Å². The van der Waals surface area contributed by atoms with Crippen molar-refractivity contribution >= 4 is 11.9 Å². The van der Waals surface area contributed by atoms with E-state index in [-0.39, 0.29) is 31.3 Å². The molecule has 1 atom stereocenters. The minimum absolute atomic E-state index is 0.0205. The third kappa shape index (κ3) is 11.4. The molecule has 2 fully saturated rings. The molecule has 2 N–H and O–H groups in total. The molecule has 2 saturated carbocycles. The second kappa shape index (κ2) is 17.9. The van der Waals surface area contributed by atoms with Crippen LogP contribution in [0.4, 0.5) is 0 Å². The molecular formula is C37H58O6. The van der Waals surface area contributed by atoms with Gasteiger partial charge in [0.1, 0.15) is 0 Å². The van der Waals surface area contributed by atoms with Crippen LogP contribution in [-0.2, 0) is 31.9 Å². The van der Waals surface area contributed by atoms with Gasteiger partial charge in [0.15, 0.2) is 0 Å². The summed E-state index contributed by atoms with van der Waals surface area (Å²) in [6.07, 6.45) is 17.3. The highest BCUT2D eigenvalue weighted by molar-refractivity contribution is 5.87. The Bertz CT molecular complexity index is 983. The SMILES string of the molecule is C=C(CO)C(=O)OCC(COC(=O)C(C)(C)CO)C1CCC(C2CCC(CCc3ccc(CCCCC)cc3)CC2)CC1. The molecule has 0 saturated heterocycles. The molecular weight excluding hydrogens is 540 g/mol. The lowest BCUT2D eigenvalue weighted by atomic mass is 9.67. The molecule has 2 aliphatic carbocycles. The predicted octanol–water partition coefficient (Wildman–Crippen LogP) is 7.23. The Labute approximate surface area is 260 Å². The number of unbranched alkanes of at least 4 members (excludes halogenated alkanes) is 2. The van der Waals surface area contributed by atoms with Gasteiger partial charge in [0.25, 0.3) is 0 Å². The monoisotopic (exact) mass is 598 g/mol. The Hall–Kier alpha value is -2.18. The molecule has 0 spiro atoms. The van der Waals surface area contributed by atoms with Gasteiger partial charge in [-0.1, -0.05) is 63.5 Å². The second-order valence-corrected chi connectivity index (χ2v) is 14.0. The molecule has 1 unspecified atom stereocenters. The molecule has 1 aromatic carbocycles. The normalized spacial score (nSPS) is 23.4. The maximum atomic E-state index is 12.5. The molecule has 0 bridgehead atoms. The van der Waals surface area contributed by atoms with Gasteiger partial charge in [0.2, 0.25) is 0 Å². The molecule has 0 heterocycles. The summed E-state index contributed by atoms with van der Waals surface area (Å²) in [4.78, 5) is 24.7. The van der Waals surface area contributed by atoms with Gasteiger partial charge in [0, 0.05) is 5.92 Å². The van der Waals surface area contributed by atoms with Crippen LogP contribution in [0.1, 0.15) is 109 Å². The molecule has 0 amide bonds. The van der Waals surface area contributed by atoms with Gasteiger partial charge >= 0.3 is 11.9 Å². The lowest BCUT2D eigenvalue weighted by molar-refractivity contribution is -0.159. The summed E-state index contributed by atoms with van der Waals surface area (Å²) in [5, 5.41) is 18.7. The average Bonchev–Trinajstić information content (AvgIpc) is 3.04. The summed E-state index contributed by atoms with van der Waals surface area (Å²) in [6.45, 7) is 8.67. The first-order valence-corrected chi connectivity index (χ1v) is 17.0.